The Morgan fingerprint density at radius 2 is 1.95 bits per heavy atom. The van der Waals surface area contributed by atoms with E-state index >= 15 is 0 Å². The van der Waals surface area contributed by atoms with Gasteiger partial charge in [0.05, 0.1) is 12.0 Å². The molecule has 0 spiro atoms. The van der Waals surface area contributed by atoms with Crippen molar-refractivity contribution in [3.05, 3.63) is 35.4 Å². The molecule has 0 aromatic heterocycles. The Hall–Kier alpha value is -1.27. The van der Waals surface area contributed by atoms with Crippen molar-refractivity contribution in [3.63, 3.8) is 0 Å². The average Bonchev–Trinajstić information content (AvgIpc) is 2.38. The second kappa shape index (κ2) is 7.13. The molecule has 21 heavy (non-hydrogen) atoms. The molecule has 3 nitrogen and oxygen atoms in total. The summed E-state index contributed by atoms with van der Waals surface area (Å²) < 4.78 is 37.3. The van der Waals surface area contributed by atoms with Crippen molar-refractivity contribution < 1.29 is 18.0 Å². The predicted octanol–water partition coefficient (Wildman–Crippen LogP) is 2.49. The highest BCUT2D eigenvalue weighted by Crippen LogP contribution is 2.29. The Morgan fingerprint density at radius 1 is 1.33 bits per heavy atom. The number of carbonyl (C=O) groups excluding carboxylic acids is 1. The summed E-state index contributed by atoms with van der Waals surface area (Å²) in [6.45, 7) is 4.10. The van der Waals surface area contributed by atoms with Crippen LogP contribution in [0.2, 0.25) is 0 Å². The van der Waals surface area contributed by atoms with Crippen LogP contribution in [0.25, 0.3) is 0 Å². The van der Waals surface area contributed by atoms with Gasteiger partial charge in [0, 0.05) is 25.7 Å². The van der Waals surface area contributed by atoms with Gasteiger partial charge in [-0.2, -0.15) is 13.2 Å². The third-order valence-corrected chi connectivity index (χ3v) is 3.46. The first-order valence-corrected chi connectivity index (χ1v) is 6.54. The molecule has 1 aromatic carbocycles. The van der Waals surface area contributed by atoms with Crippen molar-refractivity contribution in [3.8, 4) is 0 Å². The summed E-state index contributed by atoms with van der Waals surface area (Å²) in [5, 5.41) is 3.19. The molecular weight excluding hydrogens is 305 g/mol. The molecule has 118 valence electrons. The van der Waals surface area contributed by atoms with Crippen LogP contribution in [0.3, 0.4) is 0 Å². The number of amides is 1. The van der Waals surface area contributed by atoms with Gasteiger partial charge in [0.1, 0.15) is 0 Å². The van der Waals surface area contributed by atoms with Crippen molar-refractivity contribution in [2.24, 2.45) is 0 Å². The van der Waals surface area contributed by atoms with E-state index in [2.05, 4.69) is 5.32 Å². The summed E-state index contributed by atoms with van der Waals surface area (Å²) in [5.74, 6) is -0.0428. The molecule has 1 N–H and O–H groups in total. The van der Waals surface area contributed by atoms with Gasteiger partial charge in [-0.15, -0.1) is 12.4 Å². The van der Waals surface area contributed by atoms with Gasteiger partial charge in [-0.05, 0) is 24.6 Å². The predicted molar refractivity (Wildman–Crippen MR) is 76.4 cm³/mol. The molecule has 1 saturated heterocycles. The molecule has 1 amide bonds. The lowest BCUT2D eigenvalue weighted by Crippen LogP contribution is -2.52. The van der Waals surface area contributed by atoms with Crippen molar-refractivity contribution in [1.29, 1.82) is 0 Å². The Labute approximate surface area is 127 Å². The molecule has 0 bridgehead atoms. The average molecular weight is 323 g/mol. The third kappa shape index (κ3) is 4.61. The first kappa shape index (κ1) is 17.8. The number of halogens is 4. The number of nitrogens with one attached hydrogen (secondary N) is 1. The number of benzene rings is 1. The van der Waals surface area contributed by atoms with Crippen LogP contribution < -0.4 is 5.32 Å². The summed E-state index contributed by atoms with van der Waals surface area (Å²) in [5.41, 5.74) is -0.0852. The zero-order chi connectivity index (χ0) is 14.8. The molecule has 0 unspecified atom stereocenters. The number of carbonyl (C=O) groups is 1. The van der Waals surface area contributed by atoms with Crippen LogP contribution in [-0.4, -0.2) is 36.5 Å². The van der Waals surface area contributed by atoms with E-state index < -0.39 is 11.7 Å². The quantitative estimate of drug-likeness (QED) is 0.907. The highest BCUT2D eigenvalue weighted by molar-refractivity contribution is 5.85. The third-order valence-electron chi connectivity index (χ3n) is 3.46. The van der Waals surface area contributed by atoms with Gasteiger partial charge in [-0.3, -0.25) is 4.79 Å². The van der Waals surface area contributed by atoms with Crippen molar-refractivity contribution in [2.75, 3.05) is 19.6 Å². The fraction of sp³-hybridized carbons (Fsp3) is 0.500. The molecule has 1 atom stereocenters. The Morgan fingerprint density at radius 3 is 2.48 bits per heavy atom. The summed E-state index contributed by atoms with van der Waals surface area (Å²) in [4.78, 5) is 13.9. The van der Waals surface area contributed by atoms with E-state index in [1.165, 1.54) is 12.1 Å². The molecule has 1 aromatic rings. The van der Waals surface area contributed by atoms with Gasteiger partial charge in [0.2, 0.25) is 5.91 Å². The van der Waals surface area contributed by atoms with E-state index in [1.54, 1.807) is 4.90 Å². The van der Waals surface area contributed by atoms with Crippen molar-refractivity contribution >= 4 is 18.3 Å². The monoisotopic (exact) mass is 322 g/mol. The SMILES string of the molecule is C[C@@H]1CNCCN1C(=O)Cc1ccc(C(F)(F)F)cc1.Cl. The number of piperazine rings is 1. The number of hydrogen-bond acceptors (Lipinski definition) is 2. The van der Waals surface area contributed by atoms with Crippen LogP contribution in [0.4, 0.5) is 13.2 Å². The number of hydrogen-bond donors (Lipinski definition) is 1. The lowest BCUT2D eigenvalue weighted by molar-refractivity contribution is -0.137. The summed E-state index contributed by atoms with van der Waals surface area (Å²) >= 11 is 0. The molecule has 0 saturated carbocycles. The molecule has 7 heteroatoms. The van der Waals surface area contributed by atoms with E-state index in [-0.39, 0.29) is 30.8 Å². The van der Waals surface area contributed by atoms with Gasteiger partial charge in [-0.1, -0.05) is 12.1 Å². The van der Waals surface area contributed by atoms with Gasteiger partial charge < -0.3 is 10.2 Å². The van der Waals surface area contributed by atoms with Crippen LogP contribution in [-0.2, 0) is 17.4 Å². The van der Waals surface area contributed by atoms with E-state index in [4.69, 9.17) is 0 Å². The first-order chi connectivity index (χ1) is 9.38. The number of alkyl halides is 3. The normalized spacial score (nSPS) is 19.0. The molecule has 1 aliphatic heterocycles. The van der Waals surface area contributed by atoms with Crippen LogP contribution in [0.5, 0.6) is 0 Å². The molecule has 1 fully saturated rings. The molecule has 2 rings (SSSR count). The summed E-state index contributed by atoms with van der Waals surface area (Å²) in [6.07, 6.45) is -4.20. The zero-order valence-corrected chi connectivity index (χ0v) is 12.4. The lowest BCUT2D eigenvalue weighted by atomic mass is 10.1. The Balaban J connectivity index is 0.00000220. The Kier molecular flexibility index (Phi) is 6.04. The minimum Gasteiger partial charge on any atom is -0.337 e. The van der Waals surface area contributed by atoms with Crippen LogP contribution >= 0.6 is 12.4 Å². The van der Waals surface area contributed by atoms with Gasteiger partial charge in [0.15, 0.2) is 0 Å². The fourth-order valence-corrected chi connectivity index (χ4v) is 2.30. The molecule has 1 aliphatic rings. The van der Waals surface area contributed by atoms with E-state index in [0.29, 0.717) is 12.1 Å². The maximum atomic E-state index is 12.4. The van der Waals surface area contributed by atoms with E-state index in [0.717, 1.165) is 25.2 Å². The van der Waals surface area contributed by atoms with Gasteiger partial charge in [-0.25, -0.2) is 0 Å². The zero-order valence-electron chi connectivity index (χ0n) is 11.6. The number of rotatable bonds is 2. The topological polar surface area (TPSA) is 32.3 Å². The summed E-state index contributed by atoms with van der Waals surface area (Å²) in [6, 6.07) is 4.89. The largest absolute Gasteiger partial charge is 0.416 e. The van der Waals surface area contributed by atoms with Crippen LogP contribution in [0.15, 0.2) is 24.3 Å². The summed E-state index contributed by atoms with van der Waals surface area (Å²) in [7, 11) is 0. The van der Waals surface area contributed by atoms with Crippen molar-refractivity contribution in [1.82, 2.24) is 10.2 Å². The van der Waals surface area contributed by atoms with Gasteiger partial charge >= 0.3 is 6.18 Å². The van der Waals surface area contributed by atoms with Crippen LogP contribution in [0.1, 0.15) is 18.1 Å². The smallest absolute Gasteiger partial charge is 0.337 e. The molecule has 0 aliphatic carbocycles. The van der Waals surface area contributed by atoms with Crippen molar-refractivity contribution in [2.45, 2.75) is 25.6 Å². The minimum absolute atomic E-state index is 0. The molecule has 0 radical (unpaired) electrons. The highest BCUT2D eigenvalue weighted by atomic mass is 35.5. The maximum Gasteiger partial charge on any atom is 0.416 e. The lowest BCUT2D eigenvalue weighted by Gasteiger charge is -2.34. The first-order valence-electron chi connectivity index (χ1n) is 6.54. The standard InChI is InChI=1S/C14H17F3N2O.ClH/c1-10-9-18-6-7-19(10)13(20)8-11-2-4-12(5-3-11)14(15,16)17;/h2-5,10,18H,6-9H2,1H3;1H/t10-;/m1./s1. The van der Waals surface area contributed by atoms with Gasteiger partial charge in [0.25, 0.3) is 0 Å². The highest BCUT2D eigenvalue weighted by Gasteiger charge is 2.30. The van der Waals surface area contributed by atoms with E-state index in [9.17, 15) is 18.0 Å². The van der Waals surface area contributed by atoms with E-state index in [1.807, 2.05) is 6.92 Å². The molecule has 1 heterocycles. The molecular formula is C14H18ClF3N2O. The maximum absolute atomic E-state index is 12.4. The Bertz CT molecular complexity index is 476. The second-order valence-corrected chi connectivity index (χ2v) is 5.01. The second-order valence-electron chi connectivity index (χ2n) is 5.01. The fourth-order valence-electron chi connectivity index (χ4n) is 2.30. The minimum atomic E-state index is -4.34. The van der Waals surface area contributed by atoms with Crippen LogP contribution in [0, 0.1) is 0 Å². The number of nitrogens with zero attached hydrogens (tertiary/aromatic N) is 1.